The first-order valence-corrected chi connectivity index (χ1v) is 6.97. The Kier molecular flexibility index (Phi) is 4.41. The number of hydrogen-bond acceptors (Lipinski definition) is 1. The van der Waals surface area contributed by atoms with Crippen molar-refractivity contribution in [3.63, 3.8) is 0 Å². The van der Waals surface area contributed by atoms with Crippen molar-refractivity contribution in [1.82, 2.24) is 4.98 Å². The molecule has 0 amide bonds. The van der Waals surface area contributed by atoms with Crippen molar-refractivity contribution >= 4 is 53.2 Å². The third kappa shape index (κ3) is 2.97. The lowest BCUT2D eigenvalue weighted by Gasteiger charge is -2.23. The standard InChI is InChI=1S/C16H15B4N/c1-4-16(2,3)9-5-6-12(21-8-9)10-7-11(17)14(19)15(20)13(10)18/h5-8H,4H2,1-3H3. The third-order valence-electron chi connectivity index (χ3n) is 4.19. The Morgan fingerprint density at radius 1 is 1.00 bits per heavy atom. The van der Waals surface area contributed by atoms with Crippen molar-refractivity contribution in [3.8, 4) is 11.3 Å². The zero-order valence-corrected chi connectivity index (χ0v) is 12.8. The maximum Gasteiger partial charge on any atom is 0.113 e. The molecule has 0 fully saturated rings. The second-order valence-electron chi connectivity index (χ2n) is 5.92. The van der Waals surface area contributed by atoms with Gasteiger partial charge in [0.1, 0.15) is 31.4 Å². The van der Waals surface area contributed by atoms with Gasteiger partial charge >= 0.3 is 0 Å². The maximum absolute atomic E-state index is 6.03. The summed E-state index contributed by atoms with van der Waals surface area (Å²) in [6.07, 6.45) is 2.92. The quantitative estimate of drug-likeness (QED) is 0.688. The van der Waals surface area contributed by atoms with Gasteiger partial charge < -0.3 is 0 Å². The normalized spacial score (nSPS) is 11.6. The summed E-state index contributed by atoms with van der Waals surface area (Å²) in [5, 5.41) is 0. The molecule has 0 saturated heterocycles. The minimum absolute atomic E-state index is 0.0935. The molecule has 0 aliphatic rings. The van der Waals surface area contributed by atoms with Gasteiger partial charge in [-0.3, -0.25) is 4.98 Å². The molecule has 2 rings (SSSR count). The molecule has 0 aliphatic carbocycles. The molecule has 0 saturated carbocycles. The Morgan fingerprint density at radius 2 is 1.67 bits per heavy atom. The highest BCUT2D eigenvalue weighted by Gasteiger charge is 2.18. The first kappa shape index (κ1) is 16.0. The van der Waals surface area contributed by atoms with Crippen molar-refractivity contribution in [1.29, 1.82) is 0 Å². The summed E-state index contributed by atoms with van der Waals surface area (Å²) in [7, 11) is 23.6. The number of pyridine rings is 1. The topological polar surface area (TPSA) is 12.9 Å². The van der Waals surface area contributed by atoms with E-state index in [0.29, 0.717) is 27.4 Å². The fourth-order valence-corrected chi connectivity index (χ4v) is 2.13. The number of rotatable bonds is 3. The van der Waals surface area contributed by atoms with Crippen LogP contribution in [-0.2, 0) is 5.41 Å². The van der Waals surface area contributed by atoms with Gasteiger partial charge in [0.2, 0.25) is 0 Å². The molecule has 2 aromatic rings. The van der Waals surface area contributed by atoms with E-state index >= 15 is 0 Å². The van der Waals surface area contributed by atoms with E-state index in [0.717, 1.165) is 12.1 Å². The van der Waals surface area contributed by atoms with E-state index in [-0.39, 0.29) is 5.41 Å². The van der Waals surface area contributed by atoms with E-state index in [9.17, 15) is 0 Å². The molecule has 21 heavy (non-hydrogen) atoms. The monoisotopic (exact) mass is 265 g/mol. The van der Waals surface area contributed by atoms with E-state index < -0.39 is 0 Å². The number of aromatic nitrogens is 1. The van der Waals surface area contributed by atoms with Crippen molar-refractivity contribution < 1.29 is 0 Å². The first-order valence-electron chi connectivity index (χ1n) is 6.97. The van der Waals surface area contributed by atoms with Crippen molar-refractivity contribution in [3.05, 3.63) is 30.0 Å². The zero-order chi connectivity index (χ0) is 15.8. The minimum atomic E-state index is 0.0935. The largest absolute Gasteiger partial charge is 0.256 e. The predicted octanol–water partition coefficient (Wildman–Crippen LogP) is -0.389. The average Bonchev–Trinajstić information content (AvgIpc) is 2.49. The smallest absolute Gasteiger partial charge is 0.113 e. The molecule has 1 nitrogen and oxygen atoms in total. The summed E-state index contributed by atoms with van der Waals surface area (Å²) < 4.78 is 0. The van der Waals surface area contributed by atoms with Crippen LogP contribution in [0.4, 0.5) is 0 Å². The second kappa shape index (κ2) is 5.79. The highest BCUT2D eigenvalue weighted by atomic mass is 14.7. The Bertz CT molecular complexity index is 663. The van der Waals surface area contributed by atoms with Crippen LogP contribution in [0.15, 0.2) is 24.4 Å². The highest BCUT2D eigenvalue weighted by Crippen LogP contribution is 2.26. The van der Waals surface area contributed by atoms with Crippen LogP contribution in [0.1, 0.15) is 32.8 Å². The lowest BCUT2D eigenvalue weighted by atomic mass is 9.65. The second-order valence-corrected chi connectivity index (χ2v) is 5.92. The maximum atomic E-state index is 6.03. The summed E-state index contributed by atoms with van der Waals surface area (Å²) in [5.74, 6) is 0. The van der Waals surface area contributed by atoms with Crippen LogP contribution in [0.2, 0.25) is 0 Å². The fraction of sp³-hybridized carbons (Fsp3) is 0.312. The van der Waals surface area contributed by atoms with Gasteiger partial charge in [-0.15, -0.1) is 16.4 Å². The molecule has 0 aliphatic heterocycles. The molecule has 0 N–H and O–H groups in total. The molecular weight excluding hydrogens is 249 g/mol. The number of hydrogen-bond donors (Lipinski definition) is 0. The first-order chi connectivity index (χ1) is 9.77. The molecule has 96 valence electrons. The average molecular weight is 265 g/mol. The Hall–Kier alpha value is -1.37. The summed E-state index contributed by atoms with van der Waals surface area (Å²) in [5.41, 5.74) is 4.18. The third-order valence-corrected chi connectivity index (χ3v) is 4.19. The van der Waals surface area contributed by atoms with Crippen LogP contribution in [0.25, 0.3) is 11.3 Å². The Labute approximate surface area is 132 Å². The lowest BCUT2D eigenvalue weighted by Crippen LogP contribution is -2.48. The van der Waals surface area contributed by atoms with E-state index in [1.807, 2.05) is 12.3 Å². The predicted molar refractivity (Wildman–Crippen MR) is 94.5 cm³/mol. The van der Waals surface area contributed by atoms with E-state index in [4.69, 9.17) is 31.4 Å². The van der Waals surface area contributed by atoms with Crippen LogP contribution in [0.3, 0.4) is 0 Å². The zero-order valence-electron chi connectivity index (χ0n) is 12.8. The van der Waals surface area contributed by atoms with Crippen LogP contribution in [-0.4, -0.2) is 36.4 Å². The van der Waals surface area contributed by atoms with Gasteiger partial charge in [0, 0.05) is 6.20 Å². The van der Waals surface area contributed by atoms with Crippen molar-refractivity contribution in [2.24, 2.45) is 0 Å². The van der Waals surface area contributed by atoms with E-state index in [1.54, 1.807) is 6.07 Å². The lowest BCUT2D eigenvalue weighted by molar-refractivity contribution is 0.504. The summed E-state index contributed by atoms with van der Waals surface area (Å²) in [6.45, 7) is 6.54. The van der Waals surface area contributed by atoms with Crippen LogP contribution in [0, 0.1) is 0 Å². The van der Waals surface area contributed by atoms with E-state index in [2.05, 4.69) is 31.8 Å². The molecule has 5 heteroatoms. The van der Waals surface area contributed by atoms with Crippen LogP contribution >= 0.6 is 0 Å². The fourth-order valence-electron chi connectivity index (χ4n) is 2.13. The van der Waals surface area contributed by atoms with Gasteiger partial charge in [-0.1, -0.05) is 38.4 Å². The van der Waals surface area contributed by atoms with Crippen LogP contribution in [0.5, 0.6) is 0 Å². The molecule has 0 unspecified atom stereocenters. The van der Waals surface area contributed by atoms with Crippen LogP contribution < -0.4 is 21.9 Å². The van der Waals surface area contributed by atoms with E-state index in [1.165, 1.54) is 5.56 Å². The summed E-state index contributed by atoms with van der Waals surface area (Å²) in [4.78, 5) is 4.50. The summed E-state index contributed by atoms with van der Waals surface area (Å²) >= 11 is 0. The van der Waals surface area contributed by atoms with Gasteiger partial charge in [-0.05, 0) is 29.0 Å². The molecule has 1 heterocycles. The van der Waals surface area contributed by atoms with Crippen molar-refractivity contribution in [2.75, 3.05) is 0 Å². The Balaban J connectivity index is 2.50. The van der Waals surface area contributed by atoms with Gasteiger partial charge in [0.25, 0.3) is 0 Å². The molecule has 8 radical (unpaired) electrons. The van der Waals surface area contributed by atoms with Gasteiger partial charge in [0.15, 0.2) is 0 Å². The van der Waals surface area contributed by atoms with Gasteiger partial charge in [-0.2, -0.15) is 0 Å². The molecular formula is C16H15B4N. The molecule has 1 aromatic carbocycles. The molecule has 1 aromatic heterocycles. The molecule has 0 atom stereocenters. The number of nitrogens with zero attached hydrogens (tertiary/aromatic N) is 1. The SMILES string of the molecule is [B]c1cc(-c2ccc(C(C)(C)CC)cn2)c([B])c([B])c1[B]. The minimum Gasteiger partial charge on any atom is -0.256 e. The van der Waals surface area contributed by atoms with Crippen molar-refractivity contribution in [2.45, 2.75) is 32.6 Å². The Morgan fingerprint density at radius 3 is 2.19 bits per heavy atom. The number of benzene rings is 1. The molecule has 0 bridgehead atoms. The highest BCUT2D eigenvalue weighted by molar-refractivity contribution is 6.63. The molecule has 0 spiro atoms. The van der Waals surface area contributed by atoms with Gasteiger partial charge in [0.05, 0.1) is 5.69 Å². The summed E-state index contributed by atoms with van der Waals surface area (Å²) in [6, 6.07) is 5.72. The van der Waals surface area contributed by atoms with Gasteiger partial charge in [-0.25, -0.2) is 0 Å².